The quantitative estimate of drug-likeness (QED) is 0.548. The SMILES string of the molecule is COc1cnc2c(-c3nc4cc(F)c5c(c4s3)C[C@](C)(CO)O5)cc(C)cc2n1. The van der Waals surface area contributed by atoms with Gasteiger partial charge in [0.1, 0.15) is 10.6 Å². The topological polar surface area (TPSA) is 77.4 Å². The van der Waals surface area contributed by atoms with Crippen LogP contribution in [-0.2, 0) is 6.42 Å². The van der Waals surface area contributed by atoms with E-state index < -0.39 is 11.4 Å². The van der Waals surface area contributed by atoms with Crippen molar-refractivity contribution in [3.05, 3.63) is 41.3 Å². The molecule has 0 fully saturated rings. The molecule has 0 bridgehead atoms. The number of hydrogen-bond acceptors (Lipinski definition) is 7. The van der Waals surface area contributed by atoms with Crippen molar-refractivity contribution in [1.29, 1.82) is 0 Å². The molecule has 0 radical (unpaired) electrons. The molecule has 0 spiro atoms. The molecule has 8 heteroatoms. The maximum atomic E-state index is 14.6. The lowest BCUT2D eigenvalue weighted by Crippen LogP contribution is -2.34. The molecule has 1 N–H and O–H groups in total. The Balaban J connectivity index is 1.73. The summed E-state index contributed by atoms with van der Waals surface area (Å²) < 4.78 is 26.4. The van der Waals surface area contributed by atoms with Gasteiger partial charge in [0.15, 0.2) is 11.6 Å². The third kappa shape index (κ3) is 2.82. The van der Waals surface area contributed by atoms with Gasteiger partial charge in [-0.25, -0.2) is 19.3 Å². The van der Waals surface area contributed by atoms with Crippen LogP contribution in [0.4, 0.5) is 4.39 Å². The second-order valence-corrected chi connectivity index (χ2v) is 8.51. The van der Waals surface area contributed by atoms with Crippen LogP contribution in [0.3, 0.4) is 0 Å². The molecule has 3 heterocycles. The number of aliphatic hydroxyl groups excluding tert-OH is 1. The fourth-order valence-electron chi connectivity index (χ4n) is 3.72. The van der Waals surface area contributed by atoms with E-state index in [4.69, 9.17) is 14.5 Å². The zero-order valence-corrected chi connectivity index (χ0v) is 16.9. The van der Waals surface area contributed by atoms with E-state index in [-0.39, 0.29) is 12.4 Å². The Bertz CT molecular complexity index is 1290. The number of aromatic nitrogens is 3. The molecule has 2 aromatic carbocycles. The lowest BCUT2D eigenvalue weighted by molar-refractivity contribution is 0.0421. The summed E-state index contributed by atoms with van der Waals surface area (Å²) in [4.78, 5) is 13.7. The van der Waals surface area contributed by atoms with Gasteiger partial charge in [-0.05, 0) is 31.5 Å². The molecule has 0 unspecified atom stereocenters. The molecule has 1 aliphatic heterocycles. The zero-order valence-electron chi connectivity index (χ0n) is 16.1. The van der Waals surface area contributed by atoms with Gasteiger partial charge in [0, 0.05) is 23.6 Å². The van der Waals surface area contributed by atoms with Crippen LogP contribution in [0.5, 0.6) is 11.6 Å². The number of aliphatic hydroxyl groups is 1. The molecule has 0 saturated carbocycles. The lowest BCUT2D eigenvalue weighted by atomic mass is 10.00. The highest BCUT2D eigenvalue weighted by atomic mass is 32.1. The smallest absolute Gasteiger partial charge is 0.232 e. The average molecular weight is 411 g/mol. The van der Waals surface area contributed by atoms with Crippen molar-refractivity contribution in [2.75, 3.05) is 13.7 Å². The Morgan fingerprint density at radius 2 is 2.10 bits per heavy atom. The number of nitrogens with zero attached hydrogens (tertiary/aromatic N) is 3. The Labute approximate surface area is 170 Å². The predicted octanol–water partition coefficient (Wildman–Crippen LogP) is 4.05. The molecule has 1 aliphatic rings. The first-order valence-electron chi connectivity index (χ1n) is 9.14. The minimum absolute atomic E-state index is 0.186. The minimum atomic E-state index is -0.820. The number of fused-ring (bicyclic) bond motifs is 4. The normalized spacial score (nSPS) is 18.2. The number of methoxy groups -OCH3 is 1. The maximum Gasteiger partial charge on any atom is 0.232 e. The van der Waals surface area contributed by atoms with Crippen molar-refractivity contribution >= 4 is 32.6 Å². The minimum Gasteiger partial charge on any atom is -0.481 e. The summed E-state index contributed by atoms with van der Waals surface area (Å²) in [6.45, 7) is 3.57. The summed E-state index contributed by atoms with van der Waals surface area (Å²) in [5.74, 6) is 0.196. The van der Waals surface area contributed by atoms with Crippen molar-refractivity contribution in [3.63, 3.8) is 0 Å². The summed E-state index contributed by atoms with van der Waals surface area (Å²) in [5, 5.41) is 10.4. The van der Waals surface area contributed by atoms with Crippen LogP contribution in [0, 0.1) is 12.7 Å². The van der Waals surface area contributed by atoms with Crippen molar-refractivity contribution in [1.82, 2.24) is 15.0 Å². The van der Waals surface area contributed by atoms with Crippen LogP contribution < -0.4 is 9.47 Å². The van der Waals surface area contributed by atoms with E-state index in [2.05, 4.69) is 9.97 Å². The monoisotopic (exact) mass is 411 g/mol. The summed E-state index contributed by atoms with van der Waals surface area (Å²) in [5.41, 5.74) is 3.79. The average Bonchev–Trinajstić information content (AvgIpc) is 3.28. The van der Waals surface area contributed by atoms with Gasteiger partial charge in [-0.3, -0.25) is 0 Å². The second-order valence-electron chi connectivity index (χ2n) is 7.51. The van der Waals surface area contributed by atoms with Crippen LogP contribution in [0.1, 0.15) is 18.1 Å². The third-order valence-electron chi connectivity index (χ3n) is 5.12. The van der Waals surface area contributed by atoms with Gasteiger partial charge in [0.25, 0.3) is 0 Å². The molecule has 5 rings (SSSR count). The van der Waals surface area contributed by atoms with E-state index in [0.717, 1.165) is 26.4 Å². The van der Waals surface area contributed by atoms with Gasteiger partial charge in [-0.1, -0.05) is 0 Å². The van der Waals surface area contributed by atoms with Gasteiger partial charge in [-0.2, -0.15) is 0 Å². The molecular formula is C21H18FN3O3S. The van der Waals surface area contributed by atoms with Gasteiger partial charge in [0.05, 0.1) is 41.2 Å². The highest BCUT2D eigenvalue weighted by molar-refractivity contribution is 7.22. The first-order valence-corrected chi connectivity index (χ1v) is 9.96. The van der Waals surface area contributed by atoms with Crippen LogP contribution in [0.2, 0.25) is 0 Å². The van der Waals surface area contributed by atoms with E-state index in [1.165, 1.54) is 17.4 Å². The second kappa shape index (κ2) is 6.33. The number of benzene rings is 2. The number of halogens is 1. The standard InChI is InChI=1S/C21H18FN3O3S/c1-10-4-11(17-14(5-10)24-16(27-3)8-23-17)20-25-15-6-13(22)18-12(19(15)29-20)7-21(2,9-26)28-18/h4-6,8,26H,7,9H2,1-3H3/t21-/m1/s1. The predicted molar refractivity (Wildman–Crippen MR) is 109 cm³/mol. The molecule has 4 aromatic rings. The highest BCUT2D eigenvalue weighted by Gasteiger charge is 2.38. The van der Waals surface area contributed by atoms with Crippen molar-refractivity contribution in [2.45, 2.75) is 25.9 Å². The fourth-order valence-corrected chi connectivity index (χ4v) is 4.82. The van der Waals surface area contributed by atoms with E-state index in [1.54, 1.807) is 20.2 Å². The molecule has 0 aliphatic carbocycles. The summed E-state index contributed by atoms with van der Waals surface area (Å²) >= 11 is 1.47. The van der Waals surface area contributed by atoms with Crippen LogP contribution in [-0.4, -0.2) is 39.4 Å². The van der Waals surface area contributed by atoms with Crippen molar-refractivity contribution < 1.29 is 19.0 Å². The molecule has 1 atom stereocenters. The van der Waals surface area contributed by atoms with E-state index >= 15 is 0 Å². The summed E-state index contributed by atoms with van der Waals surface area (Å²) in [6.07, 6.45) is 2.01. The van der Waals surface area contributed by atoms with E-state index in [0.29, 0.717) is 28.9 Å². The van der Waals surface area contributed by atoms with E-state index in [9.17, 15) is 9.50 Å². The van der Waals surface area contributed by atoms with Crippen LogP contribution >= 0.6 is 11.3 Å². The number of hydrogen-bond donors (Lipinski definition) is 1. The largest absolute Gasteiger partial charge is 0.481 e. The summed E-state index contributed by atoms with van der Waals surface area (Å²) in [7, 11) is 1.55. The molecule has 0 amide bonds. The molecule has 148 valence electrons. The number of aryl methyl sites for hydroxylation is 1. The Kier molecular flexibility index (Phi) is 3.97. The zero-order chi connectivity index (χ0) is 20.3. The van der Waals surface area contributed by atoms with Gasteiger partial charge >= 0.3 is 0 Å². The lowest BCUT2D eigenvalue weighted by Gasteiger charge is -2.20. The molecule has 2 aromatic heterocycles. The van der Waals surface area contributed by atoms with Crippen LogP contribution in [0.25, 0.3) is 31.8 Å². The Morgan fingerprint density at radius 3 is 2.86 bits per heavy atom. The number of thiazole rings is 1. The van der Waals surface area contributed by atoms with E-state index in [1.807, 2.05) is 19.1 Å². The highest BCUT2D eigenvalue weighted by Crippen LogP contribution is 2.45. The molecule has 6 nitrogen and oxygen atoms in total. The first-order chi connectivity index (χ1) is 13.9. The number of rotatable bonds is 3. The van der Waals surface area contributed by atoms with Gasteiger partial charge in [0.2, 0.25) is 5.88 Å². The Morgan fingerprint density at radius 1 is 1.28 bits per heavy atom. The fraction of sp³-hybridized carbons (Fsp3) is 0.286. The van der Waals surface area contributed by atoms with Crippen molar-refractivity contribution in [3.8, 4) is 22.2 Å². The van der Waals surface area contributed by atoms with Crippen molar-refractivity contribution in [2.24, 2.45) is 0 Å². The molecular weight excluding hydrogens is 393 g/mol. The molecule has 0 saturated heterocycles. The third-order valence-corrected chi connectivity index (χ3v) is 6.29. The summed E-state index contributed by atoms with van der Waals surface area (Å²) in [6, 6.07) is 5.34. The first kappa shape index (κ1) is 18.2. The molecule has 29 heavy (non-hydrogen) atoms. The van der Waals surface area contributed by atoms with Gasteiger partial charge < -0.3 is 14.6 Å². The van der Waals surface area contributed by atoms with Gasteiger partial charge in [-0.15, -0.1) is 11.3 Å². The maximum absolute atomic E-state index is 14.6. The Hall–Kier alpha value is -2.84. The number of ether oxygens (including phenoxy) is 2. The van der Waals surface area contributed by atoms with Crippen LogP contribution in [0.15, 0.2) is 24.4 Å².